The molecule has 0 aliphatic carbocycles. The zero-order valence-corrected chi connectivity index (χ0v) is 11.9. The number of amides is 1. The maximum absolute atomic E-state index is 12.0. The summed E-state index contributed by atoms with van der Waals surface area (Å²) in [5.74, 6) is -1.38. The first-order chi connectivity index (χ1) is 8.36. The number of carboxylic acid groups (broad SMARTS) is 1. The maximum Gasteiger partial charge on any atom is 0.326 e. The minimum atomic E-state index is -0.984. The molecule has 1 aromatic heterocycles. The molecule has 1 rings (SSSR count). The second-order valence-corrected chi connectivity index (χ2v) is 5.96. The van der Waals surface area contributed by atoms with Crippen LogP contribution in [-0.2, 0) is 4.79 Å². The minimum absolute atomic E-state index is 0.0912. The van der Waals surface area contributed by atoms with Crippen molar-refractivity contribution in [1.29, 1.82) is 0 Å². The highest BCUT2D eigenvalue weighted by Gasteiger charge is 2.26. The van der Waals surface area contributed by atoms with Crippen molar-refractivity contribution in [3.63, 3.8) is 0 Å². The first-order valence-corrected chi connectivity index (χ1v) is 6.79. The van der Waals surface area contributed by atoms with Crippen molar-refractivity contribution in [3.05, 3.63) is 21.4 Å². The molecule has 0 aliphatic heterocycles. The number of nitrogens with one attached hydrogen (secondary N) is 1. The van der Waals surface area contributed by atoms with E-state index in [-0.39, 0.29) is 11.8 Å². The van der Waals surface area contributed by atoms with Crippen molar-refractivity contribution in [3.8, 4) is 0 Å². The fourth-order valence-electron chi connectivity index (χ4n) is 1.76. The Morgan fingerprint density at radius 2 is 2.06 bits per heavy atom. The molecule has 0 spiro atoms. The number of aryl methyl sites for hydroxylation is 2. The van der Waals surface area contributed by atoms with Crippen molar-refractivity contribution < 1.29 is 14.7 Å². The fourth-order valence-corrected chi connectivity index (χ4v) is 2.68. The SMILES string of the molecule is CCC(C)[C@H](NC(=O)c1cc(C)sc1C)C(=O)O. The van der Waals surface area contributed by atoms with Gasteiger partial charge in [-0.1, -0.05) is 20.3 Å². The third-order valence-electron chi connectivity index (χ3n) is 3.05. The topological polar surface area (TPSA) is 66.4 Å². The zero-order chi connectivity index (χ0) is 13.9. The van der Waals surface area contributed by atoms with Crippen molar-refractivity contribution in [2.24, 2.45) is 5.92 Å². The second-order valence-electron chi connectivity index (χ2n) is 4.50. The number of carbonyl (C=O) groups excluding carboxylic acids is 1. The van der Waals surface area contributed by atoms with Crippen LogP contribution in [0.15, 0.2) is 6.07 Å². The normalized spacial score (nSPS) is 14.0. The predicted molar refractivity (Wildman–Crippen MR) is 72.1 cm³/mol. The van der Waals surface area contributed by atoms with Gasteiger partial charge in [0.25, 0.3) is 5.91 Å². The molecule has 1 aromatic rings. The highest BCUT2D eigenvalue weighted by atomic mass is 32.1. The highest BCUT2D eigenvalue weighted by molar-refractivity contribution is 7.12. The van der Waals surface area contributed by atoms with Gasteiger partial charge in [-0.15, -0.1) is 11.3 Å². The molecule has 0 aromatic carbocycles. The van der Waals surface area contributed by atoms with Gasteiger partial charge in [0, 0.05) is 9.75 Å². The summed E-state index contributed by atoms with van der Waals surface area (Å²) in [5, 5.41) is 11.7. The van der Waals surface area contributed by atoms with Crippen molar-refractivity contribution in [2.75, 3.05) is 0 Å². The van der Waals surface area contributed by atoms with E-state index >= 15 is 0 Å². The van der Waals surface area contributed by atoms with Gasteiger partial charge in [0.05, 0.1) is 5.56 Å². The molecular formula is C13H19NO3S. The average Bonchev–Trinajstić information content (AvgIpc) is 2.63. The standard InChI is InChI=1S/C13H19NO3S/c1-5-7(2)11(13(16)17)14-12(15)10-6-8(3)18-9(10)4/h6-7,11H,5H2,1-4H3,(H,14,15)(H,16,17)/t7?,11-/m0/s1. The lowest BCUT2D eigenvalue weighted by Gasteiger charge is -2.20. The first kappa shape index (κ1) is 14.7. The smallest absolute Gasteiger partial charge is 0.326 e. The van der Waals surface area contributed by atoms with Gasteiger partial charge in [0.2, 0.25) is 0 Å². The van der Waals surface area contributed by atoms with Gasteiger partial charge in [0.1, 0.15) is 6.04 Å². The molecule has 0 fully saturated rings. The Labute approximate surface area is 111 Å². The monoisotopic (exact) mass is 269 g/mol. The van der Waals surface area contributed by atoms with Crippen LogP contribution < -0.4 is 5.32 Å². The summed E-state index contributed by atoms with van der Waals surface area (Å²) in [4.78, 5) is 25.2. The van der Waals surface area contributed by atoms with Gasteiger partial charge in [-0.3, -0.25) is 4.79 Å². The van der Waals surface area contributed by atoms with Gasteiger partial charge in [-0.25, -0.2) is 4.79 Å². The van der Waals surface area contributed by atoms with Crippen molar-refractivity contribution in [2.45, 2.75) is 40.2 Å². The van der Waals surface area contributed by atoms with Crippen LogP contribution in [0.2, 0.25) is 0 Å². The van der Waals surface area contributed by atoms with E-state index in [4.69, 9.17) is 5.11 Å². The summed E-state index contributed by atoms with van der Waals surface area (Å²) in [6.45, 7) is 7.53. The molecule has 0 saturated heterocycles. The number of hydrogen-bond acceptors (Lipinski definition) is 3. The molecule has 1 amide bonds. The van der Waals surface area contributed by atoms with E-state index in [0.29, 0.717) is 12.0 Å². The lowest BCUT2D eigenvalue weighted by atomic mass is 9.99. The quantitative estimate of drug-likeness (QED) is 0.863. The van der Waals surface area contributed by atoms with Crippen LogP contribution in [0.5, 0.6) is 0 Å². The molecule has 2 atom stereocenters. The number of carboxylic acids is 1. The summed E-state index contributed by atoms with van der Waals surface area (Å²) in [5.41, 5.74) is 0.576. The van der Waals surface area contributed by atoms with Crippen LogP contribution in [0.1, 0.15) is 40.4 Å². The fraction of sp³-hybridized carbons (Fsp3) is 0.538. The van der Waals surface area contributed by atoms with E-state index in [9.17, 15) is 9.59 Å². The Morgan fingerprint density at radius 1 is 1.44 bits per heavy atom. The van der Waals surface area contributed by atoms with E-state index in [2.05, 4.69) is 5.32 Å². The van der Waals surface area contributed by atoms with Crippen molar-refractivity contribution >= 4 is 23.2 Å². The van der Waals surface area contributed by atoms with E-state index in [0.717, 1.165) is 9.75 Å². The molecule has 1 unspecified atom stereocenters. The molecule has 4 nitrogen and oxygen atoms in total. The first-order valence-electron chi connectivity index (χ1n) is 5.97. The third-order valence-corrected chi connectivity index (χ3v) is 4.02. The van der Waals surface area contributed by atoms with Gasteiger partial charge < -0.3 is 10.4 Å². The number of carbonyl (C=O) groups is 2. The summed E-state index contributed by atoms with van der Waals surface area (Å²) >= 11 is 1.54. The summed E-state index contributed by atoms with van der Waals surface area (Å²) < 4.78 is 0. The van der Waals surface area contributed by atoms with E-state index in [1.807, 2.05) is 27.7 Å². The van der Waals surface area contributed by atoms with Crippen LogP contribution >= 0.6 is 11.3 Å². The molecule has 0 radical (unpaired) electrons. The van der Waals surface area contributed by atoms with Crippen LogP contribution in [-0.4, -0.2) is 23.0 Å². The third kappa shape index (κ3) is 3.32. The van der Waals surface area contributed by atoms with E-state index < -0.39 is 12.0 Å². The number of rotatable bonds is 5. The molecule has 0 saturated carbocycles. The summed E-state index contributed by atoms with van der Waals surface area (Å²) in [6.07, 6.45) is 0.707. The lowest BCUT2D eigenvalue weighted by molar-refractivity contribution is -0.140. The van der Waals surface area contributed by atoms with Crippen molar-refractivity contribution in [1.82, 2.24) is 5.32 Å². The van der Waals surface area contributed by atoms with E-state index in [1.54, 1.807) is 6.07 Å². The lowest BCUT2D eigenvalue weighted by Crippen LogP contribution is -2.45. The van der Waals surface area contributed by atoms with Gasteiger partial charge in [-0.05, 0) is 25.8 Å². The summed E-state index contributed by atoms with van der Waals surface area (Å²) in [7, 11) is 0. The predicted octanol–water partition coefficient (Wildman–Crippen LogP) is 2.59. The van der Waals surface area contributed by atoms with Gasteiger partial charge in [-0.2, -0.15) is 0 Å². The molecule has 0 bridgehead atoms. The zero-order valence-electron chi connectivity index (χ0n) is 11.1. The van der Waals surface area contributed by atoms with Crippen LogP contribution in [0.3, 0.4) is 0 Å². The van der Waals surface area contributed by atoms with Gasteiger partial charge >= 0.3 is 5.97 Å². The molecular weight excluding hydrogens is 250 g/mol. The largest absolute Gasteiger partial charge is 0.480 e. The number of hydrogen-bond donors (Lipinski definition) is 2. The minimum Gasteiger partial charge on any atom is -0.480 e. The second kappa shape index (κ2) is 6.00. The van der Waals surface area contributed by atoms with Crippen LogP contribution in [0, 0.1) is 19.8 Å². The highest BCUT2D eigenvalue weighted by Crippen LogP contribution is 2.21. The van der Waals surface area contributed by atoms with Gasteiger partial charge in [0.15, 0.2) is 0 Å². The van der Waals surface area contributed by atoms with E-state index in [1.165, 1.54) is 11.3 Å². The Kier molecular flexibility index (Phi) is 4.90. The Balaban J connectivity index is 2.85. The molecule has 5 heteroatoms. The van der Waals surface area contributed by atoms with Crippen LogP contribution in [0.25, 0.3) is 0 Å². The van der Waals surface area contributed by atoms with Crippen LogP contribution in [0.4, 0.5) is 0 Å². The molecule has 0 aliphatic rings. The molecule has 100 valence electrons. The Bertz CT molecular complexity index is 453. The number of thiophene rings is 1. The maximum atomic E-state index is 12.0. The molecule has 18 heavy (non-hydrogen) atoms. The average molecular weight is 269 g/mol. The molecule has 1 heterocycles. The Morgan fingerprint density at radius 3 is 2.44 bits per heavy atom. The summed E-state index contributed by atoms with van der Waals surface area (Å²) in [6, 6.07) is 0.965. The Hall–Kier alpha value is -1.36. The molecule has 2 N–H and O–H groups in total. The number of aliphatic carboxylic acids is 1.